The summed E-state index contributed by atoms with van der Waals surface area (Å²) in [6.45, 7) is 1.79. The van der Waals surface area contributed by atoms with Crippen LogP contribution in [0.3, 0.4) is 0 Å². The molecule has 0 aliphatic heterocycles. The smallest absolute Gasteiger partial charge is 0.272 e. The van der Waals surface area contributed by atoms with Gasteiger partial charge in [0.2, 0.25) is 5.91 Å². The summed E-state index contributed by atoms with van der Waals surface area (Å²) in [5, 5.41) is 10.3. The number of carbonyl (C=O) groups excluding carboxylic acids is 3. The Kier molecular flexibility index (Phi) is 11.0. The Bertz CT molecular complexity index is 1900. The molecule has 0 fully saturated rings. The highest BCUT2D eigenvalue weighted by Gasteiger charge is 2.19. The van der Waals surface area contributed by atoms with Crippen LogP contribution >= 0.6 is 23.1 Å². The van der Waals surface area contributed by atoms with Crippen LogP contribution < -0.4 is 25.4 Å². The van der Waals surface area contributed by atoms with Crippen molar-refractivity contribution in [3.05, 3.63) is 120 Å². The van der Waals surface area contributed by atoms with Gasteiger partial charge in [0.1, 0.15) is 5.70 Å². The van der Waals surface area contributed by atoms with Crippen LogP contribution in [0.2, 0.25) is 0 Å². The van der Waals surface area contributed by atoms with Crippen molar-refractivity contribution < 1.29 is 23.9 Å². The first-order valence-electron chi connectivity index (χ1n) is 14.4. The van der Waals surface area contributed by atoms with Gasteiger partial charge in [0.15, 0.2) is 16.6 Å². The van der Waals surface area contributed by atoms with Crippen LogP contribution in [0, 0.1) is 0 Å². The topological polar surface area (TPSA) is 132 Å². The van der Waals surface area contributed by atoms with Gasteiger partial charge in [-0.25, -0.2) is 4.98 Å². The molecule has 238 valence electrons. The summed E-state index contributed by atoms with van der Waals surface area (Å²) < 4.78 is 10.7. The third kappa shape index (κ3) is 8.84. The highest BCUT2D eigenvalue weighted by molar-refractivity contribution is 8.00. The third-order valence-corrected chi connectivity index (χ3v) is 8.56. The van der Waals surface area contributed by atoms with Crippen LogP contribution in [0.1, 0.15) is 22.8 Å². The van der Waals surface area contributed by atoms with E-state index in [2.05, 4.69) is 25.9 Å². The van der Waals surface area contributed by atoms with E-state index in [0.29, 0.717) is 39.1 Å². The SMILES string of the molecule is COc1ccc(-c2csc(NC(=O)C(C)Sc3cccc(NC(=O)/C(=C/c4cccnc4)NC(=O)c4ccccc4)c3)n2)cc1OC. The number of nitrogens with zero attached hydrogens (tertiary/aromatic N) is 2. The molecule has 1 atom stereocenters. The number of thioether (sulfide) groups is 1. The Morgan fingerprint density at radius 2 is 1.70 bits per heavy atom. The summed E-state index contributed by atoms with van der Waals surface area (Å²) in [6.07, 6.45) is 4.77. The van der Waals surface area contributed by atoms with E-state index in [1.807, 2.05) is 29.6 Å². The standard InChI is InChI=1S/C35H31N5O5S2/c1-22(32(41)40-35-39-29(21-46-35)25-14-15-30(44-2)31(18-25)45-3)47-27-13-7-12-26(19-27)37-34(43)28(17-23-9-8-16-36-20-23)38-33(42)24-10-5-4-6-11-24/h4-22H,1-3H3,(H,37,43)(H,38,42)(H,39,40,41)/b28-17-. The first kappa shape index (κ1) is 32.9. The number of methoxy groups -OCH3 is 2. The highest BCUT2D eigenvalue weighted by atomic mass is 32.2. The van der Waals surface area contributed by atoms with Crippen LogP contribution in [0.15, 0.2) is 113 Å². The maximum Gasteiger partial charge on any atom is 0.272 e. The molecule has 0 aliphatic carbocycles. The lowest BCUT2D eigenvalue weighted by molar-refractivity contribution is -0.115. The van der Waals surface area contributed by atoms with Crippen molar-refractivity contribution in [1.29, 1.82) is 0 Å². The van der Waals surface area contributed by atoms with Gasteiger partial charge >= 0.3 is 0 Å². The van der Waals surface area contributed by atoms with Crippen LogP contribution in [0.4, 0.5) is 10.8 Å². The number of hydrogen-bond donors (Lipinski definition) is 3. The number of ether oxygens (including phenoxy) is 2. The van der Waals surface area contributed by atoms with Gasteiger partial charge in [-0.15, -0.1) is 23.1 Å². The Morgan fingerprint density at radius 1 is 0.894 bits per heavy atom. The summed E-state index contributed by atoms with van der Waals surface area (Å²) in [6, 6.07) is 24.8. The van der Waals surface area contributed by atoms with Gasteiger partial charge < -0.3 is 25.4 Å². The number of benzene rings is 3. The fraction of sp³-hybridized carbons (Fsp3) is 0.114. The molecule has 5 aromatic rings. The van der Waals surface area contributed by atoms with Crippen molar-refractivity contribution in [2.45, 2.75) is 17.1 Å². The molecule has 0 spiro atoms. The van der Waals surface area contributed by atoms with E-state index in [9.17, 15) is 14.4 Å². The van der Waals surface area contributed by atoms with Gasteiger partial charge in [-0.3, -0.25) is 19.4 Å². The van der Waals surface area contributed by atoms with E-state index in [4.69, 9.17) is 9.47 Å². The molecule has 0 radical (unpaired) electrons. The minimum atomic E-state index is -0.514. The molecule has 5 rings (SSSR count). The summed E-state index contributed by atoms with van der Waals surface area (Å²) in [5.41, 5.74) is 3.14. The molecule has 0 bridgehead atoms. The van der Waals surface area contributed by atoms with Crippen molar-refractivity contribution >= 4 is 57.7 Å². The molecular formula is C35H31N5O5S2. The molecule has 1 unspecified atom stereocenters. The number of rotatable bonds is 12. The molecule has 3 N–H and O–H groups in total. The first-order valence-corrected chi connectivity index (χ1v) is 16.1. The minimum absolute atomic E-state index is 0.0496. The lowest BCUT2D eigenvalue weighted by Gasteiger charge is -2.13. The Hall–Kier alpha value is -5.46. The van der Waals surface area contributed by atoms with Crippen LogP contribution in [0.25, 0.3) is 17.3 Å². The van der Waals surface area contributed by atoms with Crippen molar-refractivity contribution in [2.24, 2.45) is 0 Å². The van der Waals surface area contributed by atoms with Crippen LogP contribution in [-0.2, 0) is 9.59 Å². The van der Waals surface area contributed by atoms with Crippen molar-refractivity contribution in [1.82, 2.24) is 15.3 Å². The van der Waals surface area contributed by atoms with Crippen molar-refractivity contribution in [2.75, 3.05) is 24.9 Å². The molecule has 3 amide bonds. The Labute approximate surface area is 280 Å². The van der Waals surface area contributed by atoms with Crippen molar-refractivity contribution in [3.63, 3.8) is 0 Å². The highest BCUT2D eigenvalue weighted by Crippen LogP contribution is 2.34. The molecular weight excluding hydrogens is 635 g/mol. The normalized spacial score (nSPS) is 11.7. The van der Waals surface area contributed by atoms with Gasteiger partial charge in [-0.1, -0.05) is 30.3 Å². The number of anilines is 2. The summed E-state index contributed by atoms with van der Waals surface area (Å²) >= 11 is 2.66. The average Bonchev–Trinajstić information content (AvgIpc) is 3.57. The molecule has 12 heteroatoms. The molecule has 10 nitrogen and oxygen atoms in total. The number of aromatic nitrogens is 2. The third-order valence-electron chi connectivity index (χ3n) is 6.71. The van der Waals surface area contributed by atoms with Gasteiger partial charge in [-0.2, -0.15) is 0 Å². The fourth-order valence-corrected chi connectivity index (χ4v) is 5.99. The number of amides is 3. The largest absolute Gasteiger partial charge is 0.493 e. The average molecular weight is 666 g/mol. The Balaban J connectivity index is 1.23. The molecule has 0 aliphatic rings. The summed E-state index contributed by atoms with van der Waals surface area (Å²) in [4.78, 5) is 48.8. The molecule has 0 saturated carbocycles. The van der Waals surface area contributed by atoms with E-state index < -0.39 is 17.1 Å². The molecule has 2 aromatic heterocycles. The summed E-state index contributed by atoms with van der Waals surface area (Å²) in [7, 11) is 3.15. The van der Waals surface area contributed by atoms with E-state index in [0.717, 1.165) is 10.5 Å². The number of hydrogen-bond acceptors (Lipinski definition) is 9. The van der Waals surface area contributed by atoms with E-state index in [1.54, 1.807) is 100 Å². The summed E-state index contributed by atoms with van der Waals surface area (Å²) in [5.74, 6) is 0.0508. The number of thiazole rings is 1. The maximum absolute atomic E-state index is 13.4. The van der Waals surface area contributed by atoms with Gasteiger partial charge in [0.25, 0.3) is 11.8 Å². The molecule has 0 saturated heterocycles. The number of carbonyl (C=O) groups is 3. The monoisotopic (exact) mass is 665 g/mol. The van der Waals surface area contributed by atoms with Gasteiger partial charge in [0, 0.05) is 39.5 Å². The molecule has 3 aromatic carbocycles. The lowest BCUT2D eigenvalue weighted by atomic mass is 10.1. The van der Waals surface area contributed by atoms with E-state index in [1.165, 1.54) is 23.1 Å². The second-order valence-electron chi connectivity index (χ2n) is 10.0. The number of nitrogens with one attached hydrogen (secondary N) is 3. The second-order valence-corrected chi connectivity index (χ2v) is 12.3. The minimum Gasteiger partial charge on any atom is -0.493 e. The lowest BCUT2D eigenvalue weighted by Crippen LogP contribution is -2.30. The fourth-order valence-electron chi connectivity index (χ4n) is 4.34. The maximum atomic E-state index is 13.4. The zero-order valence-electron chi connectivity index (χ0n) is 25.7. The Morgan fingerprint density at radius 3 is 2.45 bits per heavy atom. The molecule has 47 heavy (non-hydrogen) atoms. The predicted octanol–water partition coefficient (Wildman–Crippen LogP) is 6.75. The van der Waals surface area contributed by atoms with Crippen molar-refractivity contribution in [3.8, 4) is 22.8 Å². The van der Waals surface area contributed by atoms with Gasteiger partial charge in [-0.05, 0) is 73.2 Å². The van der Waals surface area contributed by atoms with E-state index >= 15 is 0 Å². The zero-order valence-corrected chi connectivity index (χ0v) is 27.4. The van der Waals surface area contributed by atoms with E-state index in [-0.39, 0.29) is 11.6 Å². The first-order chi connectivity index (χ1) is 22.8. The quantitative estimate of drug-likeness (QED) is 0.0986. The van der Waals surface area contributed by atoms with Crippen LogP contribution in [-0.4, -0.2) is 47.2 Å². The number of pyridine rings is 1. The zero-order chi connectivity index (χ0) is 33.2. The van der Waals surface area contributed by atoms with Gasteiger partial charge in [0.05, 0.1) is 25.2 Å². The predicted molar refractivity (Wildman–Crippen MR) is 186 cm³/mol. The molecule has 2 heterocycles. The second kappa shape index (κ2) is 15.7. The van der Waals surface area contributed by atoms with Crippen LogP contribution in [0.5, 0.6) is 11.5 Å².